The lowest BCUT2D eigenvalue weighted by Crippen LogP contribution is -2.55. The van der Waals surface area contributed by atoms with Gasteiger partial charge in [0.25, 0.3) is 17.7 Å². The number of phenols is 2. The van der Waals surface area contributed by atoms with E-state index in [1.807, 2.05) is 52.8 Å². The summed E-state index contributed by atoms with van der Waals surface area (Å²) in [6.07, 6.45) is -9.78. The number of nitrogens with zero attached hydrogens (tertiary/aromatic N) is 2. The molecule has 12 nitrogen and oxygen atoms in total. The van der Waals surface area contributed by atoms with Crippen molar-refractivity contribution in [2.75, 3.05) is 16.8 Å². The first-order valence-electron chi connectivity index (χ1n) is 31.8. The molecule has 0 radical (unpaired) electrons. The normalized spacial score (nSPS) is 12.9. The van der Waals surface area contributed by atoms with Crippen molar-refractivity contribution in [2.24, 2.45) is 0 Å². The molecule has 0 spiro atoms. The molecule has 0 fully saturated rings. The molecule has 8 aromatic carbocycles. The Kier molecular flexibility index (Phi) is 19.1. The number of carbonyl (C=O) groups is 6. The van der Waals surface area contributed by atoms with Crippen molar-refractivity contribution in [3.8, 4) is 34.1 Å². The first kappa shape index (κ1) is 71.5. The molecule has 0 atom stereocenters. The van der Waals surface area contributed by atoms with E-state index in [-0.39, 0.29) is 51.0 Å². The number of anilines is 2. The minimum atomic E-state index is -6.07. The summed E-state index contributed by atoms with van der Waals surface area (Å²) < 4.78 is 104. The molecule has 1 heterocycles. The fraction of sp³-hybridized carbons (Fsp3) is 0.316. The summed E-state index contributed by atoms with van der Waals surface area (Å²) in [5, 5.41) is 21.5. The van der Waals surface area contributed by atoms with Crippen molar-refractivity contribution in [1.29, 1.82) is 0 Å². The van der Waals surface area contributed by atoms with Gasteiger partial charge in [0.05, 0.1) is 39.2 Å². The third-order valence-corrected chi connectivity index (χ3v) is 18.7. The number of hydrogen-bond acceptors (Lipinski definition) is 10. The standard InChI is InChI=1S/C79H78F6N2O10/c1-18-50-33-48(28-40(3)66(50)76(14,15)16)32-49-29-41(4)67(51(19-2)34-49)87-71(92)58-25-21-53(36-61(58)72(87)93)74(95)97-69-43(6)31-60(45(8)47(69)10)59-30-42(5)68(46(9)44(59)7)96-73(94)52-20-24-57(54(35-52)39-88)70(91)86(17)63-38-56(23-27-65(63)90)77(78(80,81)82,79(83,84)85)55-22-26-64(89)62(37-55)75(11,12)13/h20-31,33-39,89-90H,18-19,32H2,1-17H3. The van der Waals surface area contributed by atoms with Gasteiger partial charge in [-0.3, -0.25) is 19.2 Å². The zero-order valence-corrected chi connectivity index (χ0v) is 57.4. The van der Waals surface area contributed by atoms with Gasteiger partial charge in [0.15, 0.2) is 6.29 Å². The first-order valence-corrected chi connectivity index (χ1v) is 31.8. The Hall–Kier alpha value is -9.84. The van der Waals surface area contributed by atoms with E-state index >= 15 is 26.3 Å². The second-order valence-corrected chi connectivity index (χ2v) is 27.3. The van der Waals surface area contributed by atoms with Crippen LogP contribution in [0.5, 0.6) is 23.0 Å². The van der Waals surface area contributed by atoms with Crippen LogP contribution < -0.4 is 19.3 Å². The number of ether oxygens (including phenoxy) is 2. The number of benzene rings is 8. The van der Waals surface area contributed by atoms with Gasteiger partial charge >= 0.3 is 24.3 Å². The third kappa shape index (κ3) is 12.8. The van der Waals surface area contributed by atoms with Gasteiger partial charge in [-0.15, -0.1) is 0 Å². The third-order valence-electron chi connectivity index (χ3n) is 18.7. The highest BCUT2D eigenvalue weighted by atomic mass is 19.4. The molecule has 97 heavy (non-hydrogen) atoms. The van der Waals surface area contributed by atoms with Gasteiger partial charge in [-0.05, 0) is 252 Å². The summed E-state index contributed by atoms with van der Waals surface area (Å²) >= 11 is 0. The second kappa shape index (κ2) is 26.0. The number of carbonyl (C=O) groups excluding carboxylic acids is 6. The number of aromatic hydroxyl groups is 2. The SMILES string of the molecule is CCc1cc(Cc2cc(C)c(C(C)(C)C)c(CC)c2)cc(C)c1N1C(=O)c2ccc(C(=O)Oc3c(C)cc(-c4cc(C)c(OC(=O)c5ccc(C(=O)N(C)c6cc(C(c7ccc(O)c(C(C)(C)C)c7)(C(F)(F)F)C(F)(F)F)ccc6O)c(C=O)c5)c(C)c4C)c(C)c3C)cc2C1=O. The first-order chi connectivity index (χ1) is 45.1. The minimum Gasteiger partial charge on any atom is -0.508 e. The average Bonchev–Trinajstić information content (AvgIpc) is 1.20. The van der Waals surface area contributed by atoms with Gasteiger partial charge in [-0.1, -0.05) is 97.9 Å². The topological polar surface area (TPSA) is 168 Å². The summed E-state index contributed by atoms with van der Waals surface area (Å²) in [6.45, 7) is 30.1. The zero-order valence-electron chi connectivity index (χ0n) is 57.4. The summed E-state index contributed by atoms with van der Waals surface area (Å²) in [4.78, 5) is 85.2. The van der Waals surface area contributed by atoms with Crippen LogP contribution in [0, 0.1) is 55.4 Å². The van der Waals surface area contributed by atoms with E-state index in [9.17, 15) is 39.0 Å². The summed E-state index contributed by atoms with van der Waals surface area (Å²) in [7, 11) is 0.973. The van der Waals surface area contributed by atoms with Crippen molar-refractivity contribution in [2.45, 2.75) is 159 Å². The van der Waals surface area contributed by atoms with E-state index in [0.717, 1.165) is 71.1 Å². The molecule has 8 aromatic rings. The molecule has 9 rings (SSSR count). The van der Waals surface area contributed by atoms with Crippen molar-refractivity contribution in [3.63, 3.8) is 0 Å². The Morgan fingerprint density at radius 2 is 1.01 bits per heavy atom. The molecule has 0 bridgehead atoms. The van der Waals surface area contributed by atoms with Gasteiger partial charge in [0, 0.05) is 12.6 Å². The van der Waals surface area contributed by atoms with Crippen LogP contribution in [-0.4, -0.2) is 65.6 Å². The average molecular weight is 1330 g/mol. The van der Waals surface area contributed by atoms with Gasteiger partial charge in [-0.2, -0.15) is 26.3 Å². The monoisotopic (exact) mass is 1330 g/mol. The van der Waals surface area contributed by atoms with Gasteiger partial charge < -0.3 is 24.6 Å². The molecule has 0 aromatic heterocycles. The molecule has 0 unspecified atom stereocenters. The Bertz CT molecular complexity index is 4610. The Labute approximate surface area is 560 Å². The summed E-state index contributed by atoms with van der Waals surface area (Å²) in [5.41, 5.74) is 3.33. The van der Waals surface area contributed by atoms with Crippen molar-refractivity contribution >= 4 is 47.3 Å². The van der Waals surface area contributed by atoms with E-state index in [2.05, 4.69) is 52.8 Å². The van der Waals surface area contributed by atoms with Crippen molar-refractivity contribution in [3.05, 3.63) is 232 Å². The van der Waals surface area contributed by atoms with Crippen molar-refractivity contribution < 1.29 is 74.8 Å². The Morgan fingerprint density at radius 3 is 1.52 bits per heavy atom. The van der Waals surface area contributed by atoms with E-state index in [1.165, 1.54) is 66.1 Å². The quantitative estimate of drug-likeness (QED) is 0.0331. The fourth-order valence-electron chi connectivity index (χ4n) is 13.8. The van der Waals surface area contributed by atoms with Crippen LogP contribution in [0.1, 0.15) is 207 Å². The van der Waals surface area contributed by atoms with E-state index in [1.54, 1.807) is 20.8 Å². The molecule has 18 heteroatoms. The Morgan fingerprint density at radius 1 is 0.526 bits per heavy atom. The molecule has 1 aliphatic rings. The minimum absolute atomic E-state index is 0.00141. The smallest absolute Gasteiger partial charge is 0.411 e. The number of halogens is 6. The number of amides is 3. The number of rotatable bonds is 15. The highest BCUT2D eigenvalue weighted by Gasteiger charge is 2.73. The molecule has 3 amide bonds. The van der Waals surface area contributed by atoms with Gasteiger partial charge in [0.2, 0.25) is 5.41 Å². The van der Waals surface area contributed by atoms with Crippen LogP contribution in [0.25, 0.3) is 11.1 Å². The second-order valence-electron chi connectivity index (χ2n) is 27.3. The lowest BCUT2D eigenvalue weighted by molar-refractivity contribution is -0.288. The number of alkyl halides is 6. The Balaban J connectivity index is 0.923. The number of imide groups is 1. The van der Waals surface area contributed by atoms with Crippen LogP contribution in [0.2, 0.25) is 0 Å². The number of esters is 2. The lowest BCUT2D eigenvalue weighted by atomic mass is 9.71. The molecule has 0 aliphatic carbocycles. The molecular formula is C79H78F6N2O10. The predicted molar refractivity (Wildman–Crippen MR) is 363 cm³/mol. The number of hydrogen-bond donors (Lipinski definition) is 2. The maximum atomic E-state index is 15.4. The van der Waals surface area contributed by atoms with E-state index in [4.69, 9.17) is 9.47 Å². The number of phenolic OH excluding ortho intramolecular Hbond substituents is 2. The van der Waals surface area contributed by atoms with Crippen LogP contribution in [0.15, 0.2) is 109 Å². The van der Waals surface area contributed by atoms with E-state index < -0.39 is 92.3 Å². The lowest BCUT2D eigenvalue weighted by Gasteiger charge is -2.39. The predicted octanol–water partition coefficient (Wildman–Crippen LogP) is 18.3. The molecular weight excluding hydrogens is 1250 g/mol. The van der Waals surface area contributed by atoms with Crippen LogP contribution in [-0.2, 0) is 35.5 Å². The maximum absolute atomic E-state index is 15.4. The number of aldehydes is 1. The van der Waals surface area contributed by atoms with Gasteiger partial charge in [0.1, 0.15) is 23.0 Å². The van der Waals surface area contributed by atoms with Crippen LogP contribution in [0.3, 0.4) is 0 Å². The summed E-state index contributed by atoms with van der Waals surface area (Å²) in [6, 6.07) is 23.2. The van der Waals surface area contributed by atoms with Gasteiger partial charge in [-0.25, -0.2) is 14.5 Å². The highest BCUT2D eigenvalue weighted by Crippen LogP contribution is 2.58. The molecule has 2 N–H and O–H groups in total. The van der Waals surface area contributed by atoms with Crippen molar-refractivity contribution in [1.82, 2.24) is 0 Å². The van der Waals surface area contributed by atoms with Crippen LogP contribution >= 0.6 is 0 Å². The van der Waals surface area contributed by atoms with E-state index in [0.29, 0.717) is 81.6 Å². The molecule has 0 saturated carbocycles. The van der Waals surface area contributed by atoms with Crippen LogP contribution in [0.4, 0.5) is 37.7 Å². The maximum Gasteiger partial charge on any atom is 0.411 e. The molecule has 506 valence electrons. The number of aryl methyl sites for hydroxylation is 6. The summed E-state index contributed by atoms with van der Waals surface area (Å²) in [5.74, 6) is -4.84. The largest absolute Gasteiger partial charge is 0.508 e. The highest BCUT2D eigenvalue weighted by molar-refractivity contribution is 6.35. The fourth-order valence-corrected chi connectivity index (χ4v) is 13.8. The number of fused-ring (bicyclic) bond motifs is 1. The zero-order chi connectivity index (χ0) is 71.8. The molecule has 1 aliphatic heterocycles. The molecule has 0 saturated heterocycles.